The number of methoxy groups -OCH3 is 1. The molecule has 0 spiro atoms. The summed E-state index contributed by atoms with van der Waals surface area (Å²) >= 11 is 0. The second kappa shape index (κ2) is 8.86. The van der Waals surface area contributed by atoms with E-state index in [2.05, 4.69) is 20.4 Å². The Balaban J connectivity index is 1.77. The number of nitrogens with one attached hydrogen (secondary N) is 2. The molecule has 136 valence electrons. The van der Waals surface area contributed by atoms with Crippen molar-refractivity contribution in [1.82, 2.24) is 15.6 Å². The number of hydrogen-bond donors (Lipinski definition) is 3. The zero-order chi connectivity index (χ0) is 18.2. The van der Waals surface area contributed by atoms with Gasteiger partial charge < -0.3 is 25.8 Å². The Bertz CT molecular complexity index is 629. The number of carbonyl (C=O) groups is 3. The molecule has 0 aromatic carbocycles. The first-order valence-corrected chi connectivity index (χ1v) is 8.02. The van der Waals surface area contributed by atoms with Crippen LogP contribution >= 0.6 is 0 Å². The van der Waals surface area contributed by atoms with Crippen LogP contribution in [0.25, 0.3) is 0 Å². The van der Waals surface area contributed by atoms with E-state index < -0.39 is 17.9 Å². The molecule has 1 aromatic heterocycles. The predicted molar refractivity (Wildman–Crippen MR) is 88.0 cm³/mol. The largest absolute Gasteiger partial charge is 0.474 e. The fraction of sp³-hybridized carbons (Fsp3) is 0.500. The minimum atomic E-state index is -0.583. The lowest BCUT2D eigenvalue weighted by Crippen LogP contribution is -2.46. The van der Waals surface area contributed by atoms with Gasteiger partial charge in [0.25, 0.3) is 5.91 Å². The van der Waals surface area contributed by atoms with Crippen molar-refractivity contribution in [1.29, 1.82) is 0 Å². The van der Waals surface area contributed by atoms with Crippen molar-refractivity contribution in [3.63, 3.8) is 0 Å². The van der Waals surface area contributed by atoms with E-state index in [1.54, 1.807) is 18.3 Å². The summed E-state index contributed by atoms with van der Waals surface area (Å²) in [5.41, 5.74) is 5.56. The lowest BCUT2D eigenvalue weighted by molar-refractivity contribution is -0.139. The van der Waals surface area contributed by atoms with Gasteiger partial charge in [-0.2, -0.15) is 0 Å². The molecule has 0 bridgehead atoms. The fourth-order valence-corrected chi connectivity index (χ4v) is 2.62. The first-order valence-electron chi connectivity index (χ1n) is 8.02. The quantitative estimate of drug-likeness (QED) is 0.634. The van der Waals surface area contributed by atoms with Crippen molar-refractivity contribution in [2.45, 2.75) is 37.8 Å². The van der Waals surface area contributed by atoms with Gasteiger partial charge in [0, 0.05) is 12.2 Å². The van der Waals surface area contributed by atoms with E-state index in [0.717, 1.165) is 12.8 Å². The van der Waals surface area contributed by atoms with Gasteiger partial charge in [-0.15, -0.1) is 0 Å². The van der Waals surface area contributed by atoms with Gasteiger partial charge in [0.2, 0.25) is 5.88 Å². The Morgan fingerprint density at radius 2 is 2.00 bits per heavy atom. The Hall–Kier alpha value is -2.84. The maximum absolute atomic E-state index is 11.7. The van der Waals surface area contributed by atoms with Crippen LogP contribution in [0, 0.1) is 0 Å². The summed E-state index contributed by atoms with van der Waals surface area (Å²) in [6.45, 7) is -0.170. The first kappa shape index (κ1) is 18.5. The molecule has 0 aliphatic heterocycles. The van der Waals surface area contributed by atoms with E-state index in [1.807, 2.05) is 0 Å². The maximum Gasteiger partial charge on any atom is 0.325 e. The molecule has 0 atom stereocenters. The van der Waals surface area contributed by atoms with Gasteiger partial charge in [-0.05, 0) is 37.8 Å². The smallest absolute Gasteiger partial charge is 0.325 e. The number of nitrogens with zero attached hydrogens (tertiary/aromatic N) is 1. The molecular weight excluding hydrogens is 328 g/mol. The van der Waals surface area contributed by atoms with E-state index in [0.29, 0.717) is 12.8 Å². The van der Waals surface area contributed by atoms with Crippen molar-refractivity contribution in [2.75, 3.05) is 13.7 Å². The SMILES string of the molecule is COC(=O)CNC(=O)NC1CCC(Oc2ncccc2C(N)=O)CC1. The number of nitrogens with two attached hydrogens (primary N) is 1. The molecule has 25 heavy (non-hydrogen) atoms. The number of primary amides is 1. The molecule has 9 heteroatoms. The van der Waals surface area contributed by atoms with Gasteiger partial charge in [-0.3, -0.25) is 9.59 Å². The summed E-state index contributed by atoms with van der Waals surface area (Å²) < 4.78 is 10.2. The Kier molecular flexibility index (Phi) is 6.55. The molecule has 2 rings (SSSR count). The number of amides is 3. The highest BCUT2D eigenvalue weighted by molar-refractivity contribution is 5.94. The molecule has 0 saturated heterocycles. The van der Waals surface area contributed by atoms with Crippen molar-refractivity contribution >= 4 is 17.9 Å². The van der Waals surface area contributed by atoms with Gasteiger partial charge in [-0.25, -0.2) is 9.78 Å². The van der Waals surface area contributed by atoms with Crippen LogP contribution in [0.1, 0.15) is 36.0 Å². The number of pyridine rings is 1. The Morgan fingerprint density at radius 3 is 2.64 bits per heavy atom. The number of hydrogen-bond acceptors (Lipinski definition) is 6. The molecule has 0 unspecified atom stereocenters. The third-order valence-electron chi connectivity index (χ3n) is 3.95. The van der Waals surface area contributed by atoms with Gasteiger partial charge in [0.15, 0.2) is 0 Å². The Labute approximate surface area is 145 Å². The number of carbonyl (C=O) groups excluding carboxylic acids is 3. The Morgan fingerprint density at radius 1 is 1.28 bits per heavy atom. The highest BCUT2D eigenvalue weighted by Gasteiger charge is 2.25. The molecule has 1 fully saturated rings. The van der Waals surface area contributed by atoms with Crippen LogP contribution < -0.4 is 21.1 Å². The maximum atomic E-state index is 11.7. The van der Waals surface area contributed by atoms with Crippen LogP contribution in [0.15, 0.2) is 18.3 Å². The molecule has 1 aliphatic carbocycles. The van der Waals surface area contributed by atoms with Crippen LogP contribution in [0.2, 0.25) is 0 Å². The molecule has 1 aromatic rings. The molecular formula is C16H22N4O5. The summed E-state index contributed by atoms with van der Waals surface area (Å²) in [5, 5.41) is 5.24. The summed E-state index contributed by atoms with van der Waals surface area (Å²) in [6.07, 6.45) is 4.29. The molecule has 1 saturated carbocycles. The minimum absolute atomic E-state index is 0.00293. The van der Waals surface area contributed by atoms with Gasteiger partial charge in [0.1, 0.15) is 18.2 Å². The third-order valence-corrected chi connectivity index (χ3v) is 3.95. The van der Waals surface area contributed by atoms with Crippen LogP contribution in [-0.4, -0.2) is 48.7 Å². The molecule has 0 radical (unpaired) electrons. The van der Waals surface area contributed by atoms with Crippen LogP contribution in [0.5, 0.6) is 5.88 Å². The number of aromatic nitrogens is 1. The first-order chi connectivity index (χ1) is 12.0. The molecule has 1 aliphatic rings. The average Bonchev–Trinajstić information content (AvgIpc) is 2.61. The van der Waals surface area contributed by atoms with E-state index in [1.165, 1.54) is 7.11 Å². The topological polar surface area (TPSA) is 133 Å². The average molecular weight is 350 g/mol. The zero-order valence-electron chi connectivity index (χ0n) is 14.0. The molecule has 9 nitrogen and oxygen atoms in total. The standard InChI is InChI=1S/C16H22N4O5/c1-24-13(21)9-19-16(23)20-10-4-6-11(7-5-10)25-15-12(14(17)22)3-2-8-18-15/h2-3,8,10-11H,4-7,9H2,1H3,(H2,17,22)(H2,19,20,23). The summed E-state index contributed by atoms with van der Waals surface area (Å²) in [7, 11) is 1.26. The normalized spacial score (nSPS) is 19.6. The van der Waals surface area contributed by atoms with Crippen molar-refractivity contribution in [3.8, 4) is 5.88 Å². The van der Waals surface area contributed by atoms with Gasteiger partial charge >= 0.3 is 12.0 Å². The van der Waals surface area contributed by atoms with E-state index in [-0.39, 0.29) is 30.1 Å². The fourth-order valence-electron chi connectivity index (χ4n) is 2.62. The van der Waals surface area contributed by atoms with Gasteiger partial charge in [0.05, 0.1) is 7.11 Å². The lowest BCUT2D eigenvalue weighted by atomic mass is 9.93. The van der Waals surface area contributed by atoms with Crippen LogP contribution in [0.3, 0.4) is 0 Å². The monoisotopic (exact) mass is 350 g/mol. The lowest BCUT2D eigenvalue weighted by Gasteiger charge is -2.29. The number of rotatable bonds is 6. The molecule has 1 heterocycles. The van der Waals surface area contributed by atoms with E-state index in [4.69, 9.17) is 10.5 Å². The number of ether oxygens (including phenoxy) is 2. The van der Waals surface area contributed by atoms with E-state index in [9.17, 15) is 14.4 Å². The molecule has 3 amide bonds. The highest BCUT2D eigenvalue weighted by Crippen LogP contribution is 2.24. The van der Waals surface area contributed by atoms with Crippen molar-refractivity contribution < 1.29 is 23.9 Å². The van der Waals surface area contributed by atoms with Crippen molar-refractivity contribution in [2.24, 2.45) is 5.73 Å². The van der Waals surface area contributed by atoms with E-state index >= 15 is 0 Å². The van der Waals surface area contributed by atoms with Crippen LogP contribution in [0.4, 0.5) is 4.79 Å². The predicted octanol–water partition coefficient (Wildman–Crippen LogP) is 0.343. The van der Waals surface area contributed by atoms with Crippen molar-refractivity contribution in [3.05, 3.63) is 23.9 Å². The van der Waals surface area contributed by atoms with Gasteiger partial charge in [-0.1, -0.05) is 0 Å². The summed E-state index contributed by atoms with van der Waals surface area (Å²) in [5.74, 6) is -0.851. The highest BCUT2D eigenvalue weighted by atomic mass is 16.5. The number of urea groups is 1. The zero-order valence-corrected chi connectivity index (χ0v) is 14.0. The minimum Gasteiger partial charge on any atom is -0.474 e. The summed E-state index contributed by atoms with van der Waals surface area (Å²) in [4.78, 5) is 38.1. The third kappa shape index (κ3) is 5.63. The summed E-state index contributed by atoms with van der Waals surface area (Å²) in [6, 6.07) is 2.79. The molecule has 4 N–H and O–H groups in total. The van der Waals surface area contributed by atoms with Crippen LogP contribution in [-0.2, 0) is 9.53 Å². The second-order valence-corrected chi connectivity index (χ2v) is 5.71. The second-order valence-electron chi connectivity index (χ2n) is 5.71. The number of esters is 1.